The first-order valence-electron chi connectivity index (χ1n) is 9.05. The molecule has 6 heteroatoms. The molecule has 0 spiro atoms. The molecule has 1 saturated heterocycles. The summed E-state index contributed by atoms with van der Waals surface area (Å²) in [6.45, 7) is 3.69. The first kappa shape index (κ1) is 17.4. The first-order chi connectivity index (χ1) is 13.2. The third-order valence-corrected chi connectivity index (χ3v) is 4.79. The van der Waals surface area contributed by atoms with Gasteiger partial charge in [0.25, 0.3) is 0 Å². The molecule has 5 nitrogen and oxygen atoms in total. The zero-order valence-corrected chi connectivity index (χ0v) is 15.0. The smallest absolute Gasteiger partial charge is 0.246 e. The van der Waals surface area contributed by atoms with Crippen LogP contribution in [-0.2, 0) is 11.3 Å². The second-order valence-corrected chi connectivity index (χ2v) is 6.65. The van der Waals surface area contributed by atoms with Crippen molar-refractivity contribution in [1.82, 2.24) is 19.2 Å². The molecule has 0 N–H and O–H groups in total. The fourth-order valence-electron chi connectivity index (χ4n) is 3.30. The van der Waals surface area contributed by atoms with Crippen molar-refractivity contribution in [2.24, 2.45) is 0 Å². The molecule has 0 unspecified atom stereocenters. The maximum Gasteiger partial charge on any atom is 0.246 e. The minimum absolute atomic E-state index is 0.0781. The van der Waals surface area contributed by atoms with Crippen molar-refractivity contribution in [3.63, 3.8) is 0 Å². The topological polar surface area (TPSA) is 40.9 Å². The second kappa shape index (κ2) is 7.72. The van der Waals surface area contributed by atoms with E-state index in [4.69, 9.17) is 0 Å². The fourth-order valence-corrected chi connectivity index (χ4v) is 3.30. The number of benzene rings is 1. The number of nitrogens with zero attached hydrogens (tertiary/aromatic N) is 4. The highest BCUT2D eigenvalue weighted by atomic mass is 19.1. The molecule has 0 atom stereocenters. The van der Waals surface area contributed by atoms with Gasteiger partial charge in [0, 0.05) is 56.8 Å². The minimum Gasteiger partial charge on any atom is -0.337 e. The van der Waals surface area contributed by atoms with Crippen molar-refractivity contribution in [2.45, 2.75) is 6.54 Å². The number of amides is 1. The Balaban J connectivity index is 1.31. The molecular formula is C21H21FN4O. The third-order valence-electron chi connectivity index (χ3n) is 4.79. The number of aromatic nitrogens is 2. The molecule has 1 amide bonds. The Morgan fingerprint density at radius 2 is 1.85 bits per heavy atom. The lowest BCUT2D eigenvalue weighted by Gasteiger charge is -2.33. The van der Waals surface area contributed by atoms with Crippen LogP contribution >= 0.6 is 0 Å². The summed E-state index contributed by atoms with van der Waals surface area (Å²) in [7, 11) is 0. The molecule has 0 saturated carbocycles. The van der Waals surface area contributed by atoms with Gasteiger partial charge < -0.3 is 9.30 Å². The largest absolute Gasteiger partial charge is 0.337 e. The van der Waals surface area contributed by atoms with Crippen molar-refractivity contribution in [3.8, 4) is 0 Å². The van der Waals surface area contributed by atoms with Crippen LogP contribution in [0.1, 0.15) is 11.3 Å². The van der Waals surface area contributed by atoms with E-state index in [1.807, 2.05) is 35.0 Å². The molecule has 4 rings (SSSR count). The molecule has 27 heavy (non-hydrogen) atoms. The number of carbonyl (C=O) groups excluding carboxylic acids is 1. The summed E-state index contributed by atoms with van der Waals surface area (Å²) in [4.78, 5) is 21.1. The summed E-state index contributed by atoms with van der Waals surface area (Å²) >= 11 is 0. The van der Waals surface area contributed by atoms with Gasteiger partial charge >= 0.3 is 0 Å². The number of halogens is 1. The zero-order valence-electron chi connectivity index (χ0n) is 15.0. The van der Waals surface area contributed by atoms with E-state index in [0.717, 1.165) is 31.0 Å². The fraction of sp³-hybridized carbons (Fsp3) is 0.238. The lowest BCUT2D eigenvalue weighted by atomic mass is 10.2. The molecule has 1 aliphatic rings. The number of fused-ring (bicyclic) bond motifs is 1. The Morgan fingerprint density at radius 3 is 2.63 bits per heavy atom. The molecule has 0 aliphatic carbocycles. The molecule has 1 aliphatic heterocycles. The monoisotopic (exact) mass is 364 g/mol. The van der Waals surface area contributed by atoms with E-state index in [0.29, 0.717) is 18.7 Å². The molecule has 1 aromatic carbocycles. The molecular weight excluding hydrogens is 343 g/mol. The average molecular weight is 364 g/mol. The lowest BCUT2D eigenvalue weighted by Crippen LogP contribution is -2.47. The molecule has 138 valence electrons. The minimum atomic E-state index is -0.321. The van der Waals surface area contributed by atoms with Crippen molar-refractivity contribution in [1.29, 1.82) is 0 Å². The highest BCUT2D eigenvalue weighted by molar-refractivity contribution is 5.91. The molecule has 0 radical (unpaired) electrons. The van der Waals surface area contributed by atoms with Crippen LogP contribution in [0, 0.1) is 5.82 Å². The van der Waals surface area contributed by atoms with Gasteiger partial charge in [-0.3, -0.25) is 9.69 Å². The summed E-state index contributed by atoms with van der Waals surface area (Å²) in [5.74, 6) is -0.399. The number of pyridine rings is 1. The van der Waals surface area contributed by atoms with Crippen LogP contribution < -0.4 is 0 Å². The molecule has 1 fully saturated rings. The van der Waals surface area contributed by atoms with Crippen LogP contribution in [-0.4, -0.2) is 51.3 Å². The summed E-state index contributed by atoms with van der Waals surface area (Å²) in [5.41, 5.74) is 2.40. The van der Waals surface area contributed by atoms with Crippen LogP contribution in [0.5, 0.6) is 0 Å². The van der Waals surface area contributed by atoms with Gasteiger partial charge in [0.2, 0.25) is 5.91 Å². The highest BCUT2D eigenvalue weighted by Crippen LogP contribution is 2.12. The lowest BCUT2D eigenvalue weighted by molar-refractivity contribution is -0.127. The number of rotatable bonds is 4. The second-order valence-electron chi connectivity index (χ2n) is 6.65. The van der Waals surface area contributed by atoms with Gasteiger partial charge in [0.05, 0.1) is 5.69 Å². The van der Waals surface area contributed by atoms with Crippen molar-refractivity contribution >= 4 is 17.6 Å². The molecule has 2 aromatic heterocycles. The van der Waals surface area contributed by atoms with Gasteiger partial charge in [-0.25, -0.2) is 9.37 Å². The van der Waals surface area contributed by atoms with Gasteiger partial charge in [0.15, 0.2) is 0 Å². The Morgan fingerprint density at radius 1 is 1.07 bits per heavy atom. The first-order valence-corrected chi connectivity index (χ1v) is 9.05. The van der Waals surface area contributed by atoms with E-state index in [9.17, 15) is 9.18 Å². The van der Waals surface area contributed by atoms with Crippen molar-refractivity contribution < 1.29 is 9.18 Å². The molecule has 0 bridgehead atoms. The Kier molecular flexibility index (Phi) is 4.98. The summed E-state index contributed by atoms with van der Waals surface area (Å²) in [5, 5.41) is 0. The average Bonchev–Trinajstić information content (AvgIpc) is 3.10. The standard InChI is InChI=1S/C21H21FN4O/c22-19-6-2-1-5-17(19)8-9-21(27)25-13-11-24(12-14-25)15-18-16-26-10-4-3-7-20(26)23-18/h1-10,16H,11-15H2/b9-8+. The van der Waals surface area contributed by atoms with Crippen LogP contribution in [0.4, 0.5) is 4.39 Å². The van der Waals surface area contributed by atoms with Crippen LogP contribution in [0.3, 0.4) is 0 Å². The maximum absolute atomic E-state index is 13.6. The van der Waals surface area contributed by atoms with Crippen molar-refractivity contribution in [3.05, 3.63) is 78.0 Å². The number of carbonyl (C=O) groups is 1. The normalized spacial score (nSPS) is 15.7. The Labute approximate surface area is 157 Å². The molecule has 3 aromatic rings. The number of hydrogen-bond donors (Lipinski definition) is 0. The third kappa shape index (κ3) is 4.06. The number of imidazole rings is 1. The summed E-state index contributed by atoms with van der Waals surface area (Å²) < 4.78 is 15.6. The Hall–Kier alpha value is -2.99. The van der Waals surface area contributed by atoms with Crippen molar-refractivity contribution in [2.75, 3.05) is 26.2 Å². The van der Waals surface area contributed by atoms with E-state index < -0.39 is 0 Å². The van der Waals surface area contributed by atoms with Crippen LogP contribution in [0.15, 0.2) is 60.9 Å². The van der Waals surface area contributed by atoms with Gasteiger partial charge in [-0.2, -0.15) is 0 Å². The highest BCUT2D eigenvalue weighted by Gasteiger charge is 2.20. The van der Waals surface area contributed by atoms with E-state index in [1.165, 1.54) is 12.1 Å². The Bertz CT molecular complexity index is 940. The van der Waals surface area contributed by atoms with E-state index in [-0.39, 0.29) is 11.7 Å². The quantitative estimate of drug-likeness (QED) is 0.669. The van der Waals surface area contributed by atoms with Crippen LogP contribution in [0.2, 0.25) is 0 Å². The van der Waals surface area contributed by atoms with Gasteiger partial charge in [-0.1, -0.05) is 24.3 Å². The summed E-state index contributed by atoms with van der Waals surface area (Å²) in [6.07, 6.45) is 7.03. The SMILES string of the molecule is O=C(/C=C/c1ccccc1F)N1CCN(Cc2cn3ccccc3n2)CC1. The summed E-state index contributed by atoms with van der Waals surface area (Å²) in [6, 6.07) is 12.4. The predicted octanol–water partition coefficient (Wildman–Crippen LogP) is 2.83. The van der Waals surface area contributed by atoms with Gasteiger partial charge in [-0.15, -0.1) is 0 Å². The van der Waals surface area contributed by atoms with Gasteiger partial charge in [-0.05, 0) is 24.3 Å². The predicted molar refractivity (Wildman–Crippen MR) is 102 cm³/mol. The zero-order chi connectivity index (χ0) is 18.6. The number of hydrogen-bond acceptors (Lipinski definition) is 3. The van der Waals surface area contributed by atoms with E-state index >= 15 is 0 Å². The van der Waals surface area contributed by atoms with E-state index in [1.54, 1.807) is 29.2 Å². The van der Waals surface area contributed by atoms with E-state index in [2.05, 4.69) is 9.88 Å². The number of piperazine rings is 1. The maximum atomic E-state index is 13.6. The van der Waals surface area contributed by atoms with Gasteiger partial charge in [0.1, 0.15) is 11.5 Å². The molecule has 3 heterocycles. The van der Waals surface area contributed by atoms with Crippen LogP contribution in [0.25, 0.3) is 11.7 Å².